The van der Waals surface area contributed by atoms with Crippen molar-refractivity contribution in [2.45, 2.75) is 91.4 Å². The number of amides is 1. The van der Waals surface area contributed by atoms with Crippen molar-refractivity contribution in [3.63, 3.8) is 0 Å². The summed E-state index contributed by atoms with van der Waals surface area (Å²) in [7, 11) is 0. The van der Waals surface area contributed by atoms with Crippen LogP contribution in [-0.4, -0.2) is 36.3 Å². The molecule has 0 radical (unpaired) electrons. The first-order valence-corrected chi connectivity index (χ1v) is 14.1. The van der Waals surface area contributed by atoms with Gasteiger partial charge in [-0.3, -0.25) is 4.79 Å². The molecule has 4 rings (SSSR count). The molecule has 0 spiro atoms. The molecule has 2 fully saturated rings. The largest absolute Gasteiger partial charge is 0.418 e. The van der Waals surface area contributed by atoms with Crippen molar-refractivity contribution in [2.24, 2.45) is 11.3 Å². The topological polar surface area (TPSA) is 55.3 Å². The maximum Gasteiger partial charge on any atom is 0.418 e. The summed E-state index contributed by atoms with van der Waals surface area (Å²) in [5.74, 6) is -0.863. The number of aromatic nitrogens is 1. The number of benzene rings is 1. The predicted molar refractivity (Wildman–Crippen MR) is 145 cm³/mol. The van der Waals surface area contributed by atoms with E-state index in [1.54, 1.807) is 6.07 Å². The highest BCUT2D eigenvalue weighted by Gasteiger charge is 2.36. The third kappa shape index (κ3) is 7.35. The average Bonchev–Trinajstić information content (AvgIpc) is 3.19. The van der Waals surface area contributed by atoms with Crippen LogP contribution >= 0.6 is 0 Å². The molecule has 0 atom stereocenters. The van der Waals surface area contributed by atoms with Gasteiger partial charge in [-0.05, 0) is 62.1 Å². The summed E-state index contributed by atoms with van der Waals surface area (Å²) in [4.78, 5) is 13.3. The van der Waals surface area contributed by atoms with Crippen LogP contribution in [0.25, 0.3) is 11.3 Å². The molecule has 1 aromatic carbocycles. The van der Waals surface area contributed by atoms with Crippen LogP contribution in [0.3, 0.4) is 0 Å². The molecule has 2 heterocycles. The first-order valence-electron chi connectivity index (χ1n) is 14.1. The lowest BCUT2D eigenvalue weighted by molar-refractivity contribution is -0.137. The van der Waals surface area contributed by atoms with Gasteiger partial charge < -0.3 is 19.9 Å². The van der Waals surface area contributed by atoms with Gasteiger partial charge in [-0.25, -0.2) is 4.39 Å². The highest BCUT2D eigenvalue weighted by molar-refractivity contribution is 5.97. The lowest BCUT2D eigenvalue weighted by atomic mass is 9.89. The zero-order valence-electron chi connectivity index (χ0n) is 23.4. The Hall–Kier alpha value is -2.55. The maximum absolute atomic E-state index is 15.4. The van der Waals surface area contributed by atoms with E-state index >= 15 is 4.39 Å². The zero-order chi connectivity index (χ0) is 28.4. The second kappa shape index (κ2) is 11.9. The minimum Gasteiger partial charge on any atom is -0.382 e. The molecule has 9 heteroatoms. The van der Waals surface area contributed by atoms with Crippen molar-refractivity contribution in [2.75, 3.05) is 25.1 Å². The summed E-state index contributed by atoms with van der Waals surface area (Å²) < 4.78 is 65.3. The first kappa shape index (κ1) is 29.4. The Bertz CT molecular complexity index is 1150. The van der Waals surface area contributed by atoms with Crippen LogP contribution in [0.5, 0.6) is 0 Å². The number of carbonyl (C=O) groups excluding carboxylic acids is 1. The number of hydrogen-bond acceptors (Lipinski definition) is 3. The smallest absolute Gasteiger partial charge is 0.382 e. The number of hydrogen-bond donors (Lipinski definition) is 2. The fourth-order valence-corrected chi connectivity index (χ4v) is 5.59. The van der Waals surface area contributed by atoms with Gasteiger partial charge in [0.25, 0.3) is 5.91 Å². The molecule has 39 heavy (non-hydrogen) atoms. The van der Waals surface area contributed by atoms with E-state index in [0.29, 0.717) is 55.5 Å². The van der Waals surface area contributed by atoms with Crippen molar-refractivity contribution in [1.29, 1.82) is 0 Å². The Morgan fingerprint density at radius 2 is 1.69 bits per heavy atom. The SMILES string of the molecule is Cc1c(C(=O)NC2CCOCC2)cc(-c2cc(F)c(NCC(C)(C)C)c(C(F)(F)F)c2)n1CC1CCCCC1. The quantitative estimate of drug-likeness (QED) is 0.349. The van der Waals surface area contributed by atoms with E-state index in [1.165, 1.54) is 6.42 Å². The molecule has 2 aliphatic rings. The zero-order valence-corrected chi connectivity index (χ0v) is 23.4. The fraction of sp³-hybridized carbons (Fsp3) is 0.633. The van der Waals surface area contributed by atoms with E-state index < -0.39 is 23.2 Å². The Kier molecular flexibility index (Phi) is 8.98. The number of nitrogens with one attached hydrogen (secondary N) is 2. The molecule has 0 bridgehead atoms. The summed E-state index contributed by atoms with van der Waals surface area (Å²) in [6.45, 7) is 9.35. The molecule has 1 amide bonds. The van der Waals surface area contributed by atoms with Gasteiger partial charge in [0.15, 0.2) is 0 Å². The van der Waals surface area contributed by atoms with Gasteiger partial charge in [0.1, 0.15) is 5.82 Å². The summed E-state index contributed by atoms with van der Waals surface area (Å²) in [6.07, 6.45) is 2.12. The maximum atomic E-state index is 15.4. The van der Waals surface area contributed by atoms with E-state index in [1.807, 2.05) is 32.3 Å². The Morgan fingerprint density at radius 3 is 2.31 bits per heavy atom. The van der Waals surface area contributed by atoms with Crippen LogP contribution in [0.4, 0.5) is 23.2 Å². The van der Waals surface area contributed by atoms with Gasteiger partial charge in [-0.2, -0.15) is 13.2 Å². The second-order valence-corrected chi connectivity index (χ2v) is 12.3. The third-order valence-electron chi connectivity index (χ3n) is 7.82. The first-order chi connectivity index (χ1) is 18.3. The van der Waals surface area contributed by atoms with Gasteiger partial charge in [-0.1, -0.05) is 40.0 Å². The molecular weight excluding hydrogens is 510 g/mol. The highest BCUT2D eigenvalue weighted by atomic mass is 19.4. The van der Waals surface area contributed by atoms with Gasteiger partial charge in [-0.15, -0.1) is 0 Å². The molecule has 5 nitrogen and oxygen atoms in total. The Morgan fingerprint density at radius 1 is 1.03 bits per heavy atom. The second-order valence-electron chi connectivity index (χ2n) is 12.3. The molecule has 216 valence electrons. The lowest BCUT2D eigenvalue weighted by Gasteiger charge is -2.25. The molecule has 1 saturated heterocycles. The minimum atomic E-state index is -4.75. The molecule has 1 aliphatic carbocycles. The van der Waals surface area contributed by atoms with Crippen molar-refractivity contribution < 1.29 is 27.1 Å². The van der Waals surface area contributed by atoms with Crippen LogP contribution < -0.4 is 10.6 Å². The van der Waals surface area contributed by atoms with Crippen LogP contribution in [-0.2, 0) is 17.5 Å². The van der Waals surface area contributed by atoms with Gasteiger partial charge in [0, 0.05) is 49.3 Å². The summed E-state index contributed by atoms with van der Waals surface area (Å²) in [5.41, 5.74) is -0.280. The van der Waals surface area contributed by atoms with Gasteiger partial charge in [0.05, 0.1) is 16.8 Å². The minimum absolute atomic E-state index is 0.0155. The van der Waals surface area contributed by atoms with Crippen LogP contribution in [0, 0.1) is 24.1 Å². The van der Waals surface area contributed by atoms with E-state index in [4.69, 9.17) is 4.74 Å². The molecule has 1 saturated carbocycles. The van der Waals surface area contributed by atoms with Gasteiger partial charge >= 0.3 is 6.18 Å². The van der Waals surface area contributed by atoms with Crippen molar-refractivity contribution >= 4 is 11.6 Å². The molecular formula is C30H41F4N3O2. The van der Waals surface area contributed by atoms with E-state index in [-0.39, 0.29) is 29.5 Å². The highest BCUT2D eigenvalue weighted by Crippen LogP contribution is 2.41. The number of rotatable bonds is 7. The van der Waals surface area contributed by atoms with Gasteiger partial charge in [0.2, 0.25) is 0 Å². The Labute approximate surface area is 228 Å². The van der Waals surface area contributed by atoms with E-state index in [2.05, 4.69) is 10.6 Å². The summed E-state index contributed by atoms with van der Waals surface area (Å²) >= 11 is 0. The predicted octanol–water partition coefficient (Wildman–Crippen LogP) is 7.57. The molecule has 0 unspecified atom stereocenters. The lowest BCUT2D eigenvalue weighted by Crippen LogP contribution is -2.39. The molecule has 2 aromatic rings. The van der Waals surface area contributed by atoms with E-state index in [0.717, 1.165) is 37.8 Å². The fourth-order valence-electron chi connectivity index (χ4n) is 5.59. The number of carbonyl (C=O) groups is 1. The number of anilines is 1. The number of ether oxygens (including phenoxy) is 1. The standard InChI is InChI=1S/C30H41F4N3O2/c1-19-23(28(38)36-22-10-12-39-13-11-22)16-26(37(19)17-20-8-6-5-7-9-20)21-14-24(30(32,33)34)27(25(31)15-21)35-18-29(2,3)4/h14-16,20,22,35H,5-13,17-18H2,1-4H3,(H,36,38). The van der Waals surface area contributed by atoms with Crippen LogP contribution in [0.15, 0.2) is 18.2 Å². The summed E-state index contributed by atoms with van der Waals surface area (Å²) in [5, 5.41) is 5.75. The number of nitrogens with zero attached hydrogens (tertiary/aromatic N) is 1. The number of alkyl halides is 3. The average molecular weight is 552 g/mol. The van der Waals surface area contributed by atoms with E-state index in [9.17, 15) is 18.0 Å². The van der Waals surface area contributed by atoms with Crippen molar-refractivity contribution in [3.05, 3.63) is 40.8 Å². The molecule has 1 aromatic heterocycles. The Balaban J connectivity index is 1.76. The molecule has 1 aliphatic heterocycles. The summed E-state index contributed by atoms with van der Waals surface area (Å²) in [6, 6.07) is 3.79. The normalized spacial score (nSPS) is 17.8. The van der Waals surface area contributed by atoms with Crippen molar-refractivity contribution in [1.82, 2.24) is 9.88 Å². The van der Waals surface area contributed by atoms with Crippen LogP contribution in [0.2, 0.25) is 0 Å². The van der Waals surface area contributed by atoms with Crippen LogP contribution in [0.1, 0.15) is 87.3 Å². The number of halogens is 4. The van der Waals surface area contributed by atoms with Crippen molar-refractivity contribution in [3.8, 4) is 11.3 Å². The third-order valence-corrected chi connectivity index (χ3v) is 7.82. The molecule has 2 N–H and O–H groups in total. The monoisotopic (exact) mass is 551 g/mol.